The van der Waals surface area contributed by atoms with Crippen molar-refractivity contribution in [3.8, 4) is 0 Å². The number of carbonyl (C=O) groups excluding carboxylic acids is 2. The molecule has 0 heterocycles. The van der Waals surface area contributed by atoms with E-state index >= 15 is 0 Å². The third-order valence-corrected chi connectivity index (χ3v) is 4.82. The average Bonchev–Trinajstić information content (AvgIpc) is 2.57. The van der Waals surface area contributed by atoms with Gasteiger partial charge in [0.05, 0.1) is 25.2 Å². The van der Waals surface area contributed by atoms with E-state index in [0.29, 0.717) is 0 Å². The molecule has 152 valence electrons. The maximum absolute atomic E-state index is 11.6. The normalized spacial score (nSPS) is 31.7. The SMILES string of the molecule is O=C([O-])CO[PH](=O)O[C@@H]1[C@@H](O)[C@H](O)[C@@H](O)[C@H](O)[C@@H]1O[PH](=O)OCC(=O)[O-].[Na+].[Na+]. The van der Waals surface area contributed by atoms with Gasteiger partial charge in [-0.05, 0) is 0 Å². The van der Waals surface area contributed by atoms with E-state index in [1.807, 2.05) is 0 Å². The van der Waals surface area contributed by atoms with Gasteiger partial charge in [-0.15, -0.1) is 0 Å². The Hall–Kier alpha value is 1.08. The summed E-state index contributed by atoms with van der Waals surface area (Å²) in [5.74, 6) is -3.47. The fraction of sp³-hybridized carbons (Fsp3) is 0.800. The van der Waals surface area contributed by atoms with E-state index in [1.165, 1.54) is 0 Å². The monoisotopic (exact) mass is 468 g/mol. The number of carboxylic acids is 2. The second kappa shape index (κ2) is 15.0. The molecule has 8 atom stereocenters. The molecule has 0 radical (unpaired) electrons. The molecule has 0 aromatic rings. The number of hydrogen-bond acceptors (Lipinski definition) is 14. The van der Waals surface area contributed by atoms with Crippen molar-refractivity contribution in [3.05, 3.63) is 0 Å². The summed E-state index contributed by atoms with van der Waals surface area (Å²) in [7, 11) is -7.25. The van der Waals surface area contributed by atoms with Gasteiger partial charge in [-0.1, -0.05) is 0 Å². The van der Waals surface area contributed by atoms with Gasteiger partial charge in [-0.2, -0.15) is 0 Å². The van der Waals surface area contributed by atoms with Crippen LogP contribution in [0, 0.1) is 0 Å². The maximum atomic E-state index is 11.6. The topological polar surface area (TPSA) is 232 Å². The van der Waals surface area contributed by atoms with E-state index in [9.17, 15) is 49.4 Å². The summed E-state index contributed by atoms with van der Waals surface area (Å²) in [6.45, 7) is -2.27. The summed E-state index contributed by atoms with van der Waals surface area (Å²) in [6.07, 6.45) is -11.9. The quantitative estimate of drug-likeness (QED) is 0.172. The minimum Gasteiger partial charge on any atom is -0.548 e. The van der Waals surface area contributed by atoms with Gasteiger partial charge in [-0.3, -0.25) is 9.13 Å². The van der Waals surface area contributed by atoms with Gasteiger partial charge in [0, 0.05) is 0 Å². The Labute approximate surface area is 203 Å². The molecule has 14 nitrogen and oxygen atoms in total. The minimum atomic E-state index is -3.62. The molecule has 0 amide bonds. The van der Waals surface area contributed by atoms with Crippen molar-refractivity contribution in [1.82, 2.24) is 0 Å². The first-order chi connectivity index (χ1) is 12.0. The van der Waals surface area contributed by atoms with Crippen LogP contribution in [-0.2, 0) is 36.8 Å². The first-order valence-corrected chi connectivity index (χ1v) is 9.28. The van der Waals surface area contributed by atoms with Crippen molar-refractivity contribution in [2.75, 3.05) is 13.2 Å². The molecule has 0 bridgehead atoms. The maximum Gasteiger partial charge on any atom is 1.00 e. The second-order valence-corrected chi connectivity index (χ2v) is 7.00. The number of rotatable bonds is 10. The van der Waals surface area contributed by atoms with Crippen molar-refractivity contribution >= 4 is 28.4 Å². The summed E-state index contributed by atoms with van der Waals surface area (Å²) in [5.41, 5.74) is 0. The molecule has 0 spiro atoms. The van der Waals surface area contributed by atoms with Crippen molar-refractivity contribution < 1.29 is 127 Å². The molecule has 1 aliphatic rings. The Balaban J connectivity index is 0. The first-order valence-electron chi connectivity index (χ1n) is 6.83. The van der Waals surface area contributed by atoms with E-state index in [2.05, 4.69) is 9.05 Å². The summed E-state index contributed by atoms with van der Waals surface area (Å²) in [6, 6.07) is 0. The molecule has 0 aromatic heterocycles. The van der Waals surface area contributed by atoms with Gasteiger partial charge in [0.25, 0.3) is 0 Å². The number of hydrogen-bond donors (Lipinski definition) is 4. The van der Waals surface area contributed by atoms with Gasteiger partial charge in [0.15, 0.2) is 0 Å². The van der Waals surface area contributed by atoms with E-state index in [4.69, 9.17) is 9.05 Å². The summed E-state index contributed by atoms with van der Waals surface area (Å²) < 4.78 is 41.1. The van der Waals surface area contributed by atoms with E-state index in [1.54, 1.807) is 0 Å². The second-order valence-electron chi connectivity index (χ2n) is 4.95. The predicted molar refractivity (Wildman–Crippen MR) is 73.7 cm³/mol. The number of carboxylic acid groups (broad SMARTS) is 2. The molecule has 28 heavy (non-hydrogen) atoms. The Morgan fingerprint density at radius 1 is 0.714 bits per heavy atom. The Morgan fingerprint density at radius 2 is 1.00 bits per heavy atom. The fourth-order valence-electron chi connectivity index (χ4n) is 1.98. The van der Waals surface area contributed by atoms with Crippen molar-refractivity contribution in [3.63, 3.8) is 0 Å². The summed E-state index contributed by atoms with van der Waals surface area (Å²) >= 11 is 0. The van der Waals surface area contributed by atoms with Crippen LogP contribution < -0.4 is 69.3 Å². The first kappa shape index (κ1) is 31.3. The van der Waals surface area contributed by atoms with Gasteiger partial charge in [0.1, 0.15) is 36.6 Å². The molecule has 1 fully saturated rings. The molecule has 1 rings (SSSR count). The molecular weight excluding hydrogens is 452 g/mol. The van der Waals surface area contributed by atoms with Crippen molar-refractivity contribution in [2.24, 2.45) is 0 Å². The van der Waals surface area contributed by atoms with Crippen LogP contribution in [0.25, 0.3) is 0 Å². The molecule has 0 aliphatic heterocycles. The van der Waals surface area contributed by atoms with E-state index in [-0.39, 0.29) is 59.1 Å². The van der Waals surface area contributed by atoms with Crippen molar-refractivity contribution in [1.29, 1.82) is 0 Å². The standard InChI is InChI=1S/C10H18O14P2.2Na/c11-3(12)1-21-25(19)23-9-7(17)5(15)6(16)8(18)10(9)24-26(20)22-2-4(13)14;;/h5-10,15-18,25-26H,1-2H2,(H,11,12)(H,13,14);;/q;2*+1/p-2/t5-,6-,7+,8+,9-,10+;;/m1../s1. The van der Waals surface area contributed by atoms with Gasteiger partial charge < -0.3 is 58.3 Å². The molecule has 0 saturated heterocycles. The zero-order valence-corrected chi connectivity index (χ0v) is 20.7. The summed E-state index contributed by atoms with van der Waals surface area (Å²) in [4.78, 5) is 20.5. The van der Waals surface area contributed by atoms with Crippen LogP contribution in [0.1, 0.15) is 0 Å². The third-order valence-electron chi connectivity index (χ3n) is 3.13. The molecular formula is C10H16Na2O14P2. The number of aliphatic hydroxyl groups excluding tert-OH is 4. The molecule has 1 aliphatic carbocycles. The Bertz CT molecular complexity index is 516. The Kier molecular flexibility index (Phi) is 16.7. The van der Waals surface area contributed by atoms with Gasteiger partial charge in [0.2, 0.25) is 0 Å². The number of carbonyl (C=O) groups is 2. The van der Waals surface area contributed by atoms with Crippen molar-refractivity contribution in [2.45, 2.75) is 36.6 Å². The van der Waals surface area contributed by atoms with Crippen LogP contribution in [0.15, 0.2) is 0 Å². The van der Waals surface area contributed by atoms with Gasteiger partial charge in [-0.25, -0.2) is 0 Å². The average molecular weight is 468 g/mol. The molecule has 4 N–H and O–H groups in total. The van der Waals surface area contributed by atoms with E-state index in [0.717, 1.165) is 0 Å². The smallest absolute Gasteiger partial charge is 0.548 e. The predicted octanol–water partition coefficient (Wildman–Crippen LogP) is -11.5. The van der Waals surface area contributed by atoms with Crippen LogP contribution in [-0.4, -0.2) is 82.2 Å². The fourth-order valence-corrected chi connectivity index (χ4v) is 3.58. The molecule has 2 unspecified atom stereocenters. The van der Waals surface area contributed by atoms with E-state index < -0.39 is 78.3 Å². The molecule has 0 aromatic carbocycles. The summed E-state index contributed by atoms with van der Waals surface area (Å²) in [5, 5.41) is 59.5. The largest absolute Gasteiger partial charge is 1.00 e. The molecule has 18 heteroatoms. The zero-order valence-electron chi connectivity index (χ0n) is 14.7. The Morgan fingerprint density at radius 3 is 1.25 bits per heavy atom. The minimum absolute atomic E-state index is 0. The molecule has 1 saturated carbocycles. The van der Waals surface area contributed by atoms with Crippen LogP contribution in [0.2, 0.25) is 0 Å². The zero-order chi connectivity index (χ0) is 20.0. The number of aliphatic hydroxyl groups is 4. The van der Waals surface area contributed by atoms with Gasteiger partial charge >= 0.3 is 75.6 Å². The number of aliphatic carboxylic acids is 2. The van der Waals surface area contributed by atoms with Crippen LogP contribution in [0.3, 0.4) is 0 Å². The third kappa shape index (κ3) is 9.92. The van der Waals surface area contributed by atoms with Crippen LogP contribution in [0.5, 0.6) is 0 Å². The van der Waals surface area contributed by atoms with Crippen LogP contribution in [0.4, 0.5) is 0 Å². The van der Waals surface area contributed by atoms with Crippen LogP contribution >= 0.6 is 16.5 Å².